The van der Waals surface area contributed by atoms with Crippen LogP contribution in [0.5, 0.6) is 0 Å². The first-order chi connectivity index (χ1) is 11.3. The molecule has 0 saturated carbocycles. The molecule has 0 aliphatic carbocycles. The Labute approximate surface area is 135 Å². The zero-order valence-corrected chi connectivity index (χ0v) is 12.8. The van der Waals surface area contributed by atoms with Gasteiger partial charge in [0.15, 0.2) is 5.82 Å². The quantitative estimate of drug-likeness (QED) is 0.784. The van der Waals surface area contributed by atoms with Gasteiger partial charge in [-0.3, -0.25) is 5.10 Å². The number of halogens is 3. The number of hydrogen-bond donors (Lipinski definition) is 1. The SMILES string of the molecule is O=S(=O)(c1ccccc1)c1ccc(-c2n[nH]c(C(F)(F)F)n2)cc1. The van der Waals surface area contributed by atoms with E-state index in [4.69, 9.17) is 0 Å². The van der Waals surface area contributed by atoms with Crippen molar-refractivity contribution >= 4 is 9.84 Å². The summed E-state index contributed by atoms with van der Waals surface area (Å²) in [6.07, 6.45) is -4.62. The van der Waals surface area contributed by atoms with E-state index in [0.29, 0.717) is 0 Å². The highest BCUT2D eigenvalue weighted by Crippen LogP contribution is 2.28. The molecule has 0 atom stereocenters. The van der Waals surface area contributed by atoms with Crippen molar-refractivity contribution in [2.75, 3.05) is 0 Å². The molecule has 3 aromatic rings. The van der Waals surface area contributed by atoms with Crippen molar-refractivity contribution in [2.45, 2.75) is 16.0 Å². The van der Waals surface area contributed by atoms with Gasteiger partial charge in [0, 0.05) is 5.56 Å². The highest BCUT2D eigenvalue weighted by molar-refractivity contribution is 7.91. The van der Waals surface area contributed by atoms with Gasteiger partial charge in [-0.05, 0) is 36.4 Å². The zero-order chi connectivity index (χ0) is 17.4. The molecule has 3 rings (SSSR count). The van der Waals surface area contributed by atoms with Crippen molar-refractivity contribution < 1.29 is 21.6 Å². The van der Waals surface area contributed by atoms with Crippen molar-refractivity contribution in [2.24, 2.45) is 0 Å². The third-order valence-corrected chi connectivity index (χ3v) is 5.02. The van der Waals surface area contributed by atoms with E-state index in [2.05, 4.69) is 10.1 Å². The summed E-state index contributed by atoms with van der Waals surface area (Å²) >= 11 is 0. The number of nitrogens with zero attached hydrogens (tertiary/aromatic N) is 2. The summed E-state index contributed by atoms with van der Waals surface area (Å²) < 4.78 is 62.4. The maximum Gasteiger partial charge on any atom is 0.451 e. The molecule has 0 aliphatic rings. The van der Waals surface area contributed by atoms with E-state index in [1.54, 1.807) is 18.2 Å². The van der Waals surface area contributed by atoms with E-state index in [0.717, 1.165) is 0 Å². The molecule has 0 aliphatic heterocycles. The number of rotatable bonds is 3. The third-order valence-electron chi connectivity index (χ3n) is 3.23. The molecule has 0 bridgehead atoms. The minimum Gasteiger partial charge on any atom is -0.255 e. The average Bonchev–Trinajstić information content (AvgIpc) is 3.06. The molecule has 5 nitrogen and oxygen atoms in total. The number of alkyl halides is 3. The molecule has 1 heterocycles. The van der Waals surface area contributed by atoms with Gasteiger partial charge >= 0.3 is 6.18 Å². The smallest absolute Gasteiger partial charge is 0.255 e. The molecule has 2 aromatic carbocycles. The van der Waals surface area contributed by atoms with Crippen LogP contribution in [0.1, 0.15) is 5.82 Å². The summed E-state index contributed by atoms with van der Waals surface area (Å²) in [5, 5.41) is 5.31. The van der Waals surface area contributed by atoms with Crippen LogP contribution in [0.2, 0.25) is 0 Å². The largest absolute Gasteiger partial charge is 0.451 e. The van der Waals surface area contributed by atoms with Gasteiger partial charge in [-0.25, -0.2) is 13.4 Å². The zero-order valence-electron chi connectivity index (χ0n) is 11.9. The first-order valence-electron chi connectivity index (χ1n) is 6.69. The Morgan fingerprint density at radius 1 is 0.875 bits per heavy atom. The second-order valence-electron chi connectivity index (χ2n) is 4.85. The predicted octanol–water partition coefficient (Wildman–Crippen LogP) is 3.32. The van der Waals surface area contributed by atoms with Crippen LogP contribution in [0.4, 0.5) is 13.2 Å². The van der Waals surface area contributed by atoms with Gasteiger partial charge in [-0.1, -0.05) is 18.2 Å². The Kier molecular flexibility index (Phi) is 3.88. The predicted molar refractivity (Wildman–Crippen MR) is 78.7 cm³/mol. The minimum atomic E-state index is -4.62. The summed E-state index contributed by atoms with van der Waals surface area (Å²) in [5.41, 5.74) is 0.272. The molecule has 1 N–H and O–H groups in total. The number of hydrogen-bond acceptors (Lipinski definition) is 4. The Morgan fingerprint density at radius 2 is 1.46 bits per heavy atom. The van der Waals surface area contributed by atoms with E-state index in [1.165, 1.54) is 36.4 Å². The maximum atomic E-state index is 12.5. The molecule has 1 aromatic heterocycles. The van der Waals surface area contributed by atoms with Crippen LogP contribution < -0.4 is 0 Å². The van der Waals surface area contributed by atoms with Gasteiger partial charge in [-0.2, -0.15) is 18.3 Å². The Hall–Kier alpha value is -2.68. The Morgan fingerprint density at radius 3 is 2.00 bits per heavy atom. The molecular formula is C15H10F3N3O2S. The van der Waals surface area contributed by atoms with Crippen LogP contribution >= 0.6 is 0 Å². The van der Waals surface area contributed by atoms with Crippen molar-refractivity contribution in [3.63, 3.8) is 0 Å². The number of benzene rings is 2. The summed E-state index contributed by atoms with van der Waals surface area (Å²) in [6, 6.07) is 13.2. The van der Waals surface area contributed by atoms with Crippen molar-refractivity contribution in [1.29, 1.82) is 0 Å². The van der Waals surface area contributed by atoms with Crippen molar-refractivity contribution in [3.8, 4) is 11.4 Å². The van der Waals surface area contributed by atoms with Gasteiger partial charge in [0.2, 0.25) is 15.7 Å². The van der Waals surface area contributed by atoms with Crippen molar-refractivity contribution in [3.05, 3.63) is 60.4 Å². The van der Waals surface area contributed by atoms with Crippen LogP contribution in [0.25, 0.3) is 11.4 Å². The van der Waals surface area contributed by atoms with E-state index >= 15 is 0 Å². The number of aromatic amines is 1. The van der Waals surface area contributed by atoms with E-state index in [1.807, 2.05) is 5.10 Å². The second kappa shape index (κ2) is 5.75. The first-order valence-corrected chi connectivity index (χ1v) is 8.17. The molecule has 0 fully saturated rings. The molecule has 24 heavy (non-hydrogen) atoms. The average molecular weight is 353 g/mol. The summed E-state index contributed by atoms with van der Waals surface area (Å²) in [6.45, 7) is 0. The lowest BCUT2D eigenvalue weighted by Gasteiger charge is -2.05. The fourth-order valence-corrected chi connectivity index (χ4v) is 3.32. The summed E-state index contributed by atoms with van der Waals surface area (Å²) in [5.74, 6) is -1.37. The van der Waals surface area contributed by atoms with Gasteiger partial charge < -0.3 is 0 Å². The molecule has 0 spiro atoms. The number of sulfone groups is 1. The van der Waals surface area contributed by atoms with E-state index in [-0.39, 0.29) is 21.2 Å². The molecule has 0 amide bonds. The van der Waals surface area contributed by atoms with Gasteiger partial charge in [-0.15, -0.1) is 0 Å². The molecule has 0 radical (unpaired) electrons. The second-order valence-corrected chi connectivity index (χ2v) is 6.80. The summed E-state index contributed by atoms with van der Waals surface area (Å²) in [7, 11) is -3.68. The van der Waals surface area contributed by atoms with Crippen molar-refractivity contribution in [1.82, 2.24) is 15.2 Å². The Balaban J connectivity index is 1.93. The van der Waals surface area contributed by atoms with Crippen LogP contribution in [0.15, 0.2) is 64.4 Å². The standard InChI is InChI=1S/C15H10F3N3O2S/c16-15(17,18)14-19-13(20-21-14)10-6-8-12(9-7-10)24(22,23)11-4-2-1-3-5-11/h1-9H,(H,19,20,21). The number of H-pyrrole nitrogens is 1. The first kappa shape index (κ1) is 16.2. The number of nitrogens with one attached hydrogen (secondary N) is 1. The molecule has 0 saturated heterocycles. The van der Waals surface area contributed by atoms with Gasteiger partial charge in [0.05, 0.1) is 9.79 Å². The van der Waals surface area contributed by atoms with Crippen LogP contribution in [0.3, 0.4) is 0 Å². The normalized spacial score (nSPS) is 12.3. The highest BCUT2D eigenvalue weighted by Gasteiger charge is 2.35. The lowest BCUT2D eigenvalue weighted by atomic mass is 10.2. The number of aromatic nitrogens is 3. The van der Waals surface area contributed by atoms with E-state index < -0.39 is 21.8 Å². The fraction of sp³-hybridized carbons (Fsp3) is 0.0667. The molecule has 0 unspecified atom stereocenters. The molecular weight excluding hydrogens is 343 g/mol. The fourth-order valence-electron chi connectivity index (χ4n) is 2.04. The molecule has 9 heteroatoms. The molecule has 124 valence electrons. The van der Waals surface area contributed by atoms with Crippen LogP contribution in [-0.2, 0) is 16.0 Å². The van der Waals surface area contributed by atoms with Crippen LogP contribution in [0, 0.1) is 0 Å². The third kappa shape index (κ3) is 3.02. The minimum absolute atomic E-state index is 0.0315. The Bertz CT molecular complexity index is 950. The topological polar surface area (TPSA) is 75.7 Å². The van der Waals surface area contributed by atoms with Gasteiger partial charge in [0.25, 0.3) is 0 Å². The lowest BCUT2D eigenvalue weighted by molar-refractivity contribution is -0.144. The van der Waals surface area contributed by atoms with Crippen LogP contribution in [-0.4, -0.2) is 23.6 Å². The maximum absolute atomic E-state index is 12.5. The highest BCUT2D eigenvalue weighted by atomic mass is 32.2. The van der Waals surface area contributed by atoms with E-state index in [9.17, 15) is 21.6 Å². The lowest BCUT2D eigenvalue weighted by Crippen LogP contribution is -2.07. The summed E-state index contributed by atoms with van der Waals surface area (Å²) in [4.78, 5) is 3.53. The monoisotopic (exact) mass is 353 g/mol. The van der Waals surface area contributed by atoms with Gasteiger partial charge in [0.1, 0.15) is 0 Å².